The van der Waals surface area contributed by atoms with Gasteiger partial charge in [0.05, 0.1) is 38.1 Å². The van der Waals surface area contributed by atoms with E-state index in [1.165, 1.54) is 0 Å². The van der Waals surface area contributed by atoms with Crippen LogP contribution < -0.4 is 18.9 Å². The summed E-state index contributed by atoms with van der Waals surface area (Å²) in [5.74, 6) is 2.97. The SMILES string of the molecule is CCOc1ccc2c(c1)[C@H]1CC(c3ccccc3)=NN1[C@@H](c1cccc(OC)c1OC)O2. The second kappa shape index (κ2) is 8.46. The quantitative estimate of drug-likeness (QED) is 0.528. The van der Waals surface area contributed by atoms with Crippen LogP contribution >= 0.6 is 0 Å². The van der Waals surface area contributed by atoms with Gasteiger partial charge in [0, 0.05) is 12.0 Å². The highest BCUT2D eigenvalue weighted by molar-refractivity contribution is 6.01. The van der Waals surface area contributed by atoms with Crippen molar-refractivity contribution in [3.63, 3.8) is 0 Å². The van der Waals surface area contributed by atoms with Crippen molar-refractivity contribution in [2.75, 3.05) is 20.8 Å². The topological polar surface area (TPSA) is 52.5 Å². The van der Waals surface area contributed by atoms with E-state index < -0.39 is 6.23 Å². The molecule has 0 aliphatic carbocycles. The van der Waals surface area contributed by atoms with Gasteiger partial charge in [0.2, 0.25) is 6.23 Å². The lowest BCUT2D eigenvalue weighted by Gasteiger charge is -2.38. The Morgan fingerprint density at radius 3 is 2.56 bits per heavy atom. The van der Waals surface area contributed by atoms with E-state index in [0.29, 0.717) is 18.1 Å². The third-order valence-corrected chi connectivity index (χ3v) is 5.88. The molecule has 0 fully saturated rings. The van der Waals surface area contributed by atoms with Gasteiger partial charge in [0.1, 0.15) is 11.5 Å². The molecule has 0 amide bonds. The van der Waals surface area contributed by atoms with Crippen LogP contribution in [0.2, 0.25) is 0 Å². The van der Waals surface area contributed by atoms with Crippen LogP contribution in [0.1, 0.15) is 42.3 Å². The number of fused-ring (bicyclic) bond motifs is 3. The Labute approximate surface area is 188 Å². The molecule has 0 radical (unpaired) electrons. The first-order chi connectivity index (χ1) is 15.7. The summed E-state index contributed by atoms with van der Waals surface area (Å²) in [6.45, 7) is 2.60. The highest BCUT2D eigenvalue weighted by Crippen LogP contribution is 2.50. The molecule has 0 bridgehead atoms. The molecule has 0 unspecified atom stereocenters. The zero-order valence-electron chi connectivity index (χ0n) is 18.4. The monoisotopic (exact) mass is 430 g/mol. The van der Waals surface area contributed by atoms with Gasteiger partial charge in [0.25, 0.3) is 0 Å². The second-order valence-corrected chi connectivity index (χ2v) is 7.70. The molecule has 2 atom stereocenters. The third-order valence-electron chi connectivity index (χ3n) is 5.88. The lowest BCUT2D eigenvalue weighted by Crippen LogP contribution is -2.34. The Bertz CT molecular complexity index is 1150. The Kier molecular flexibility index (Phi) is 5.35. The number of hydrogen-bond acceptors (Lipinski definition) is 6. The Balaban J connectivity index is 1.63. The summed E-state index contributed by atoms with van der Waals surface area (Å²) in [6, 6.07) is 22.1. The van der Waals surface area contributed by atoms with Gasteiger partial charge in [-0.1, -0.05) is 36.4 Å². The minimum Gasteiger partial charge on any atom is -0.494 e. The average molecular weight is 431 g/mol. The van der Waals surface area contributed by atoms with Gasteiger partial charge in [0.15, 0.2) is 11.5 Å². The van der Waals surface area contributed by atoms with E-state index in [1.807, 2.05) is 60.5 Å². The molecule has 0 saturated heterocycles. The molecular formula is C26H26N2O4. The molecule has 3 aromatic rings. The van der Waals surface area contributed by atoms with Gasteiger partial charge in [-0.15, -0.1) is 0 Å². The van der Waals surface area contributed by atoms with Crippen molar-refractivity contribution in [2.45, 2.75) is 25.6 Å². The average Bonchev–Trinajstić information content (AvgIpc) is 3.30. The van der Waals surface area contributed by atoms with Crippen molar-refractivity contribution in [3.8, 4) is 23.0 Å². The maximum absolute atomic E-state index is 6.52. The number of benzene rings is 3. The fourth-order valence-corrected chi connectivity index (χ4v) is 4.44. The number of rotatable bonds is 6. The van der Waals surface area contributed by atoms with Gasteiger partial charge < -0.3 is 18.9 Å². The molecule has 32 heavy (non-hydrogen) atoms. The van der Waals surface area contributed by atoms with Crippen molar-refractivity contribution in [1.82, 2.24) is 5.01 Å². The van der Waals surface area contributed by atoms with Gasteiger partial charge in [-0.25, -0.2) is 5.01 Å². The van der Waals surface area contributed by atoms with E-state index in [1.54, 1.807) is 14.2 Å². The van der Waals surface area contributed by atoms with E-state index in [-0.39, 0.29) is 6.04 Å². The Morgan fingerprint density at radius 1 is 0.969 bits per heavy atom. The van der Waals surface area contributed by atoms with E-state index in [9.17, 15) is 0 Å². The van der Waals surface area contributed by atoms with Crippen LogP contribution in [0, 0.1) is 0 Å². The Morgan fingerprint density at radius 2 is 1.81 bits per heavy atom. The zero-order valence-corrected chi connectivity index (χ0v) is 18.4. The molecule has 0 saturated carbocycles. The third kappa shape index (κ3) is 3.42. The van der Waals surface area contributed by atoms with E-state index >= 15 is 0 Å². The van der Waals surface area contributed by atoms with Crippen molar-refractivity contribution < 1.29 is 18.9 Å². The molecule has 0 aromatic heterocycles. The highest BCUT2D eigenvalue weighted by atomic mass is 16.5. The zero-order chi connectivity index (χ0) is 22.1. The van der Waals surface area contributed by atoms with Gasteiger partial charge >= 0.3 is 0 Å². The van der Waals surface area contributed by atoms with Crippen molar-refractivity contribution in [1.29, 1.82) is 0 Å². The first-order valence-corrected chi connectivity index (χ1v) is 10.8. The standard InChI is InChI=1S/C26H26N2O4/c1-4-31-18-13-14-23-20(15-18)22-16-21(17-9-6-5-7-10-17)27-28(22)26(32-23)19-11-8-12-24(29-2)25(19)30-3/h5-15,22,26H,4,16H2,1-3H3/t22-,26-/m1/s1. The molecule has 3 aromatic carbocycles. The number of hydrogen-bond donors (Lipinski definition) is 0. The summed E-state index contributed by atoms with van der Waals surface area (Å²) in [4.78, 5) is 0. The fourth-order valence-electron chi connectivity index (χ4n) is 4.44. The summed E-state index contributed by atoms with van der Waals surface area (Å²) in [5.41, 5.74) is 4.08. The molecule has 164 valence electrons. The number of para-hydroxylation sites is 1. The van der Waals surface area contributed by atoms with Crippen molar-refractivity contribution in [2.24, 2.45) is 5.10 Å². The normalized spacial score (nSPS) is 18.8. The molecule has 5 rings (SSSR count). The minimum absolute atomic E-state index is 0.0234. The molecule has 0 N–H and O–H groups in total. The van der Waals surface area contributed by atoms with Crippen LogP contribution in [0.3, 0.4) is 0 Å². The maximum Gasteiger partial charge on any atom is 0.217 e. The molecular weight excluding hydrogens is 404 g/mol. The minimum atomic E-state index is -0.447. The van der Waals surface area contributed by atoms with Crippen LogP contribution in [0.15, 0.2) is 71.8 Å². The summed E-state index contributed by atoms with van der Waals surface area (Å²) in [7, 11) is 3.28. The maximum atomic E-state index is 6.52. The van der Waals surface area contributed by atoms with E-state index in [0.717, 1.165) is 40.3 Å². The van der Waals surface area contributed by atoms with Gasteiger partial charge in [-0.05, 0) is 42.8 Å². The highest BCUT2D eigenvalue weighted by Gasteiger charge is 2.42. The Hall–Kier alpha value is -3.67. The van der Waals surface area contributed by atoms with E-state index in [2.05, 4.69) is 18.2 Å². The van der Waals surface area contributed by atoms with E-state index in [4.69, 9.17) is 24.0 Å². The van der Waals surface area contributed by atoms with Crippen LogP contribution in [-0.4, -0.2) is 31.5 Å². The predicted octanol–water partition coefficient (Wildman–Crippen LogP) is 5.34. The first kappa shape index (κ1) is 20.2. The van der Waals surface area contributed by atoms with Crippen LogP contribution in [-0.2, 0) is 0 Å². The second-order valence-electron chi connectivity index (χ2n) is 7.70. The van der Waals surface area contributed by atoms with Crippen molar-refractivity contribution >= 4 is 5.71 Å². The summed E-state index contributed by atoms with van der Waals surface area (Å²) in [6.07, 6.45) is 0.329. The predicted molar refractivity (Wildman–Crippen MR) is 123 cm³/mol. The molecule has 2 heterocycles. The smallest absolute Gasteiger partial charge is 0.217 e. The molecule has 6 nitrogen and oxygen atoms in total. The number of methoxy groups -OCH3 is 2. The summed E-state index contributed by atoms with van der Waals surface area (Å²) < 4.78 is 23.5. The van der Waals surface area contributed by atoms with Crippen molar-refractivity contribution in [3.05, 3.63) is 83.4 Å². The molecule has 2 aliphatic rings. The fraction of sp³-hybridized carbons (Fsp3) is 0.269. The largest absolute Gasteiger partial charge is 0.494 e. The number of hydrazone groups is 1. The van der Waals surface area contributed by atoms with Crippen LogP contribution in [0.4, 0.5) is 0 Å². The number of nitrogens with zero attached hydrogens (tertiary/aromatic N) is 2. The molecule has 6 heteroatoms. The summed E-state index contributed by atoms with van der Waals surface area (Å²) in [5, 5.41) is 7.07. The molecule has 2 aliphatic heterocycles. The summed E-state index contributed by atoms with van der Waals surface area (Å²) >= 11 is 0. The number of ether oxygens (including phenoxy) is 4. The van der Waals surface area contributed by atoms with Crippen LogP contribution in [0.5, 0.6) is 23.0 Å². The van der Waals surface area contributed by atoms with Gasteiger partial charge in [-0.3, -0.25) is 0 Å². The molecule has 0 spiro atoms. The van der Waals surface area contributed by atoms with Gasteiger partial charge in [-0.2, -0.15) is 5.10 Å². The first-order valence-electron chi connectivity index (χ1n) is 10.8. The lowest BCUT2D eigenvalue weighted by molar-refractivity contribution is -0.0206. The lowest BCUT2D eigenvalue weighted by atomic mass is 9.95. The van der Waals surface area contributed by atoms with Crippen LogP contribution in [0.25, 0.3) is 0 Å².